The number of rotatable bonds is 4. The Morgan fingerprint density at radius 3 is 2.48 bits per heavy atom. The van der Waals surface area contributed by atoms with Gasteiger partial charge in [0.25, 0.3) is 0 Å². The van der Waals surface area contributed by atoms with E-state index in [-0.39, 0.29) is 5.41 Å². The summed E-state index contributed by atoms with van der Waals surface area (Å²) in [6, 6.07) is 16.9. The summed E-state index contributed by atoms with van der Waals surface area (Å²) in [5, 5.41) is 12.4. The molecular formula is C22H22N4O. The molecular weight excluding hydrogens is 336 g/mol. The van der Waals surface area contributed by atoms with Gasteiger partial charge in [0.15, 0.2) is 0 Å². The van der Waals surface area contributed by atoms with Crippen LogP contribution in [0.25, 0.3) is 16.9 Å². The number of carbonyl (C=O) groups is 1. The fraction of sp³-hybridized carbons (Fsp3) is 0.318. The maximum Gasteiger partial charge on any atom is 0.145 e. The van der Waals surface area contributed by atoms with Crippen LogP contribution in [-0.4, -0.2) is 22.7 Å². The Kier molecular flexibility index (Phi) is 4.41. The molecule has 0 saturated heterocycles. The third kappa shape index (κ3) is 3.43. The zero-order valence-electron chi connectivity index (χ0n) is 15.4. The van der Waals surface area contributed by atoms with Gasteiger partial charge < -0.3 is 10.1 Å². The standard InChI is InChI=1S/C18H16N4.C4H6O/c1-20-16-11-22-15(3-2-4-17(22)21-16)13-5-7-14(8-6-13)18(12-19)9-10-18;5-3-4-1-2-4/h2-8,11,20H,9-10H2,1H3;3-4H,1-2H2. The predicted molar refractivity (Wildman–Crippen MR) is 105 cm³/mol. The molecule has 0 radical (unpaired) electrons. The summed E-state index contributed by atoms with van der Waals surface area (Å²) in [5.41, 5.74) is 4.05. The highest BCUT2D eigenvalue weighted by atomic mass is 16.1. The highest BCUT2D eigenvalue weighted by Gasteiger charge is 2.44. The lowest BCUT2D eigenvalue weighted by Crippen LogP contribution is -2.02. The normalized spacial score (nSPS) is 16.7. The van der Waals surface area contributed by atoms with Crippen molar-refractivity contribution >= 4 is 17.8 Å². The molecule has 2 aliphatic carbocycles. The summed E-state index contributed by atoms with van der Waals surface area (Å²) in [4.78, 5) is 14.1. The van der Waals surface area contributed by atoms with E-state index in [0.29, 0.717) is 5.92 Å². The molecule has 2 aromatic heterocycles. The number of imidazole rings is 1. The second kappa shape index (κ2) is 6.88. The van der Waals surface area contributed by atoms with Gasteiger partial charge in [-0.05, 0) is 48.9 Å². The number of nitriles is 1. The van der Waals surface area contributed by atoms with Crippen molar-refractivity contribution in [1.82, 2.24) is 9.38 Å². The number of aldehydes is 1. The summed E-state index contributed by atoms with van der Waals surface area (Å²) < 4.78 is 2.08. The molecule has 2 aliphatic rings. The van der Waals surface area contributed by atoms with Crippen LogP contribution in [0, 0.1) is 17.2 Å². The van der Waals surface area contributed by atoms with Crippen LogP contribution in [-0.2, 0) is 10.2 Å². The first-order valence-corrected chi connectivity index (χ1v) is 9.32. The van der Waals surface area contributed by atoms with Gasteiger partial charge in [-0.3, -0.25) is 4.40 Å². The minimum absolute atomic E-state index is 0.223. The van der Waals surface area contributed by atoms with E-state index in [1.54, 1.807) is 0 Å². The van der Waals surface area contributed by atoms with Crippen molar-refractivity contribution in [2.24, 2.45) is 5.92 Å². The van der Waals surface area contributed by atoms with Crippen molar-refractivity contribution in [3.05, 3.63) is 54.2 Å². The van der Waals surface area contributed by atoms with Gasteiger partial charge in [-0.15, -0.1) is 0 Å². The van der Waals surface area contributed by atoms with Gasteiger partial charge in [0, 0.05) is 13.0 Å². The van der Waals surface area contributed by atoms with Crippen molar-refractivity contribution < 1.29 is 4.79 Å². The summed E-state index contributed by atoms with van der Waals surface area (Å²) >= 11 is 0. The van der Waals surface area contributed by atoms with Crippen LogP contribution in [0.3, 0.4) is 0 Å². The van der Waals surface area contributed by atoms with Gasteiger partial charge in [0.05, 0.1) is 23.4 Å². The van der Waals surface area contributed by atoms with Gasteiger partial charge in [-0.25, -0.2) is 4.98 Å². The quantitative estimate of drug-likeness (QED) is 0.710. The zero-order chi connectivity index (χ0) is 18.9. The largest absolute Gasteiger partial charge is 0.372 e. The molecule has 2 heterocycles. The Hall–Kier alpha value is -3.13. The first-order chi connectivity index (χ1) is 13.2. The second-order valence-electron chi connectivity index (χ2n) is 7.26. The average Bonchev–Trinajstić information content (AvgIpc) is 3.64. The van der Waals surface area contributed by atoms with E-state index in [2.05, 4.69) is 51.1 Å². The predicted octanol–water partition coefficient (Wildman–Crippen LogP) is 4.19. The van der Waals surface area contributed by atoms with E-state index in [0.717, 1.165) is 60.3 Å². The SMILES string of the molecule is CNc1cn2c(-c3ccc(C4(C#N)CC4)cc3)cccc2n1.O=CC1CC1. The summed E-state index contributed by atoms with van der Waals surface area (Å²) in [7, 11) is 1.87. The van der Waals surface area contributed by atoms with E-state index < -0.39 is 0 Å². The number of anilines is 1. The second-order valence-corrected chi connectivity index (χ2v) is 7.26. The lowest BCUT2D eigenvalue weighted by atomic mass is 9.96. The van der Waals surface area contributed by atoms with Gasteiger partial charge >= 0.3 is 0 Å². The highest BCUT2D eigenvalue weighted by Crippen LogP contribution is 2.47. The summed E-state index contributed by atoms with van der Waals surface area (Å²) in [5.74, 6) is 1.31. The van der Waals surface area contributed by atoms with Crippen LogP contribution in [0.2, 0.25) is 0 Å². The number of hydrogen-bond acceptors (Lipinski definition) is 4. The van der Waals surface area contributed by atoms with Gasteiger partial charge in [-0.1, -0.05) is 30.3 Å². The molecule has 5 nitrogen and oxygen atoms in total. The third-order valence-electron chi connectivity index (χ3n) is 5.26. The fourth-order valence-electron chi connectivity index (χ4n) is 3.15. The number of carbonyl (C=O) groups excluding carboxylic acids is 1. The molecule has 5 heteroatoms. The molecule has 2 saturated carbocycles. The van der Waals surface area contributed by atoms with Crippen molar-refractivity contribution in [3.8, 4) is 17.3 Å². The molecule has 1 N–H and O–H groups in total. The smallest absolute Gasteiger partial charge is 0.145 e. The number of benzene rings is 1. The van der Waals surface area contributed by atoms with Crippen molar-refractivity contribution in [2.75, 3.05) is 12.4 Å². The van der Waals surface area contributed by atoms with Gasteiger partial charge in [-0.2, -0.15) is 5.26 Å². The number of pyridine rings is 1. The molecule has 3 aromatic rings. The Morgan fingerprint density at radius 2 is 1.96 bits per heavy atom. The lowest BCUT2D eigenvalue weighted by Gasteiger charge is -2.09. The van der Waals surface area contributed by atoms with Crippen LogP contribution in [0.15, 0.2) is 48.7 Å². The third-order valence-corrected chi connectivity index (χ3v) is 5.26. The number of fused-ring (bicyclic) bond motifs is 1. The van der Waals surface area contributed by atoms with E-state index in [4.69, 9.17) is 0 Å². The molecule has 0 atom stereocenters. The van der Waals surface area contributed by atoms with Gasteiger partial charge in [0.1, 0.15) is 17.8 Å². The molecule has 0 spiro atoms. The van der Waals surface area contributed by atoms with Crippen molar-refractivity contribution in [2.45, 2.75) is 31.1 Å². The Morgan fingerprint density at radius 1 is 1.22 bits per heavy atom. The van der Waals surface area contributed by atoms with Crippen LogP contribution in [0.5, 0.6) is 0 Å². The summed E-state index contributed by atoms with van der Waals surface area (Å²) in [6.07, 6.45) is 7.26. The number of nitrogens with one attached hydrogen (secondary N) is 1. The molecule has 0 amide bonds. The molecule has 2 fully saturated rings. The molecule has 1 aromatic carbocycles. The molecule has 27 heavy (non-hydrogen) atoms. The topological polar surface area (TPSA) is 70.2 Å². The maximum atomic E-state index is 9.57. The number of hydrogen-bond donors (Lipinski definition) is 1. The monoisotopic (exact) mass is 358 g/mol. The van der Waals surface area contributed by atoms with Crippen molar-refractivity contribution in [1.29, 1.82) is 5.26 Å². The number of aromatic nitrogens is 2. The zero-order valence-corrected chi connectivity index (χ0v) is 15.4. The fourth-order valence-corrected chi connectivity index (χ4v) is 3.15. The number of nitrogens with zero attached hydrogens (tertiary/aromatic N) is 3. The molecule has 136 valence electrons. The molecule has 0 bridgehead atoms. The lowest BCUT2D eigenvalue weighted by molar-refractivity contribution is -0.108. The summed E-state index contributed by atoms with van der Waals surface area (Å²) in [6.45, 7) is 0. The van der Waals surface area contributed by atoms with Crippen LogP contribution >= 0.6 is 0 Å². The van der Waals surface area contributed by atoms with Gasteiger partial charge in [0.2, 0.25) is 0 Å². The molecule has 5 rings (SSSR count). The minimum Gasteiger partial charge on any atom is -0.372 e. The molecule has 0 aliphatic heterocycles. The van der Waals surface area contributed by atoms with E-state index in [1.165, 1.54) is 0 Å². The van der Waals surface area contributed by atoms with Crippen LogP contribution in [0.4, 0.5) is 5.82 Å². The van der Waals surface area contributed by atoms with Crippen LogP contribution in [0.1, 0.15) is 31.2 Å². The first kappa shape index (κ1) is 17.3. The Bertz CT molecular complexity index is 1000. The van der Waals surface area contributed by atoms with E-state index >= 15 is 0 Å². The highest BCUT2D eigenvalue weighted by molar-refractivity contribution is 5.66. The van der Waals surface area contributed by atoms with Crippen LogP contribution < -0.4 is 5.32 Å². The maximum absolute atomic E-state index is 9.57. The minimum atomic E-state index is -0.223. The Balaban J connectivity index is 0.000000314. The molecule has 0 unspecified atom stereocenters. The Labute approximate surface area is 158 Å². The average molecular weight is 358 g/mol. The van der Waals surface area contributed by atoms with Crippen molar-refractivity contribution in [3.63, 3.8) is 0 Å². The van der Waals surface area contributed by atoms with E-state index in [1.807, 2.05) is 25.4 Å². The first-order valence-electron chi connectivity index (χ1n) is 9.32. The van der Waals surface area contributed by atoms with E-state index in [9.17, 15) is 10.1 Å².